The van der Waals surface area contributed by atoms with Crippen LogP contribution in [0, 0.1) is 0 Å². The largest absolute Gasteiger partial charge is 0.272 e. The van der Waals surface area contributed by atoms with Gasteiger partial charge in [-0.15, -0.1) is 0 Å². The standard InChI is InChI=1S/C11H15F2N/c1-10(2,3)8-5-9(7-14-6-8)11(4,12)13/h5-7H,1-4H3. The molecule has 1 aromatic rings. The normalized spacial score (nSPS) is 13.0. The molecule has 78 valence electrons. The Bertz CT molecular complexity index is 292. The van der Waals surface area contributed by atoms with Crippen LogP contribution in [0.3, 0.4) is 0 Å². The van der Waals surface area contributed by atoms with E-state index in [4.69, 9.17) is 0 Å². The Morgan fingerprint density at radius 3 is 1.93 bits per heavy atom. The molecule has 0 bridgehead atoms. The van der Waals surface area contributed by atoms with Gasteiger partial charge in [0.1, 0.15) is 0 Å². The fourth-order valence-corrected chi connectivity index (χ4v) is 1.09. The molecule has 0 fully saturated rings. The first-order chi connectivity index (χ1) is 6.21. The molecule has 0 aromatic carbocycles. The molecule has 1 nitrogen and oxygen atoms in total. The van der Waals surface area contributed by atoms with Gasteiger partial charge in [0.05, 0.1) is 0 Å². The third-order valence-electron chi connectivity index (χ3n) is 2.11. The van der Waals surface area contributed by atoms with Crippen LogP contribution >= 0.6 is 0 Å². The molecular formula is C11H15F2N. The van der Waals surface area contributed by atoms with Crippen LogP contribution in [-0.4, -0.2) is 4.98 Å². The Morgan fingerprint density at radius 2 is 1.50 bits per heavy atom. The molecule has 1 heterocycles. The number of aromatic nitrogens is 1. The SMILES string of the molecule is CC(C)(C)c1cncc(C(C)(F)F)c1. The zero-order chi connectivity index (χ0) is 11.0. The van der Waals surface area contributed by atoms with E-state index in [1.54, 1.807) is 6.20 Å². The highest BCUT2D eigenvalue weighted by molar-refractivity contribution is 5.26. The number of nitrogens with zero attached hydrogens (tertiary/aromatic N) is 1. The van der Waals surface area contributed by atoms with E-state index in [1.165, 1.54) is 12.3 Å². The molecule has 0 unspecified atom stereocenters. The molecule has 0 saturated carbocycles. The first kappa shape index (κ1) is 11.1. The van der Waals surface area contributed by atoms with Crippen LogP contribution in [0.1, 0.15) is 38.8 Å². The maximum atomic E-state index is 13.0. The van der Waals surface area contributed by atoms with E-state index in [0.29, 0.717) is 0 Å². The summed E-state index contributed by atoms with van der Waals surface area (Å²) in [5, 5.41) is 0. The van der Waals surface area contributed by atoms with E-state index in [0.717, 1.165) is 12.5 Å². The lowest BCUT2D eigenvalue weighted by molar-refractivity contribution is 0.0170. The number of halogens is 2. The Morgan fingerprint density at radius 1 is 1.00 bits per heavy atom. The highest BCUT2D eigenvalue weighted by atomic mass is 19.3. The quantitative estimate of drug-likeness (QED) is 0.674. The Kier molecular flexibility index (Phi) is 2.61. The Balaban J connectivity index is 3.15. The molecule has 0 aliphatic carbocycles. The summed E-state index contributed by atoms with van der Waals surface area (Å²) in [6, 6.07) is 1.52. The molecule has 0 aliphatic heterocycles. The second-order valence-corrected chi connectivity index (χ2v) is 4.60. The Labute approximate surface area is 83.2 Å². The first-order valence-electron chi connectivity index (χ1n) is 4.55. The maximum absolute atomic E-state index is 13.0. The lowest BCUT2D eigenvalue weighted by Crippen LogP contribution is -2.15. The fourth-order valence-electron chi connectivity index (χ4n) is 1.09. The van der Waals surface area contributed by atoms with Gasteiger partial charge in [-0.25, -0.2) is 8.78 Å². The fraction of sp³-hybridized carbons (Fsp3) is 0.545. The van der Waals surface area contributed by atoms with Crippen molar-refractivity contribution in [3.63, 3.8) is 0 Å². The van der Waals surface area contributed by atoms with E-state index in [-0.39, 0.29) is 11.0 Å². The summed E-state index contributed by atoms with van der Waals surface area (Å²) in [5.41, 5.74) is 0.662. The van der Waals surface area contributed by atoms with E-state index < -0.39 is 5.92 Å². The van der Waals surface area contributed by atoms with Crippen LogP contribution < -0.4 is 0 Å². The molecule has 1 rings (SSSR count). The summed E-state index contributed by atoms with van der Waals surface area (Å²) in [4.78, 5) is 3.84. The van der Waals surface area contributed by atoms with Crippen molar-refractivity contribution in [3.8, 4) is 0 Å². The smallest absolute Gasteiger partial charge is 0.264 e. The van der Waals surface area contributed by atoms with Crippen molar-refractivity contribution in [2.24, 2.45) is 0 Å². The highest BCUT2D eigenvalue weighted by Crippen LogP contribution is 2.29. The van der Waals surface area contributed by atoms with Crippen molar-refractivity contribution in [3.05, 3.63) is 29.6 Å². The molecule has 0 N–H and O–H groups in total. The van der Waals surface area contributed by atoms with Crippen LogP contribution in [-0.2, 0) is 11.3 Å². The van der Waals surface area contributed by atoms with Gasteiger partial charge in [0.2, 0.25) is 0 Å². The topological polar surface area (TPSA) is 12.9 Å². The molecule has 1 aromatic heterocycles. The van der Waals surface area contributed by atoms with Crippen molar-refractivity contribution >= 4 is 0 Å². The van der Waals surface area contributed by atoms with Crippen molar-refractivity contribution in [2.45, 2.75) is 39.0 Å². The van der Waals surface area contributed by atoms with Gasteiger partial charge in [-0.3, -0.25) is 4.98 Å². The molecule has 0 atom stereocenters. The van der Waals surface area contributed by atoms with E-state index in [1.807, 2.05) is 20.8 Å². The third kappa shape index (κ3) is 2.50. The second kappa shape index (κ2) is 3.30. The van der Waals surface area contributed by atoms with E-state index in [9.17, 15) is 8.78 Å². The van der Waals surface area contributed by atoms with E-state index >= 15 is 0 Å². The number of rotatable bonds is 1. The lowest BCUT2D eigenvalue weighted by atomic mass is 9.87. The zero-order valence-corrected chi connectivity index (χ0v) is 8.94. The summed E-state index contributed by atoms with van der Waals surface area (Å²) in [5.74, 6) is -2.81. The molecular weight excluding hydrogens is 184 g/mol. The van der Waals surface area contributed by atoms with Gasteiger partial charge in [0.25, 0.3) is 5.92 Å². The summed E-state index contributed by atoms with van der Waals surface area (Å²) in [6.07, 6.45) is 2.85. The highest BCUT2D eigenvalue weighted by Gasteiger charge is 2.26. The summed E-state index contributed by atoms with van der Waals surface area (Å²) < 4.78 is 26.0. The average Bonchev–Trinajstić information content (AvgIpc) is 2.01. The Hall–Kier alpha value is -0.990. The van der Waals surface area contributed by atoms with Crippen molar-refractivity contribution in [2.75, 3.05) is 0 Å². The molecule has 0 amide bonds. The predicted molar refractivity (Wildman–Crippen MR) is 52.5 cm³/mol. The van der Waals surface area contributed by atoms with Crippen LogP contribution in [0.2, 0.25) is 0 Å². The first-order valence-corrected chi connectivity index (χ1v) is 4.55. The number of hydrogen-bond donors (Lipinski definition) is 0. The van der Waals surface area contributed by atoms with Crippen molar-refractivity contribution < 1.29 is 8.78 Å². The summed E-state index contributed by atoms with van der Waals surface area (Å²) in [7, 11) is 0. The minimum Gasteiger partial charge on any atom is -0.264 e. The number of hydrogen-bond acceptors (Lipinski definition) is 1. The van der Waals surface area contributed by atoms with Gasteiger partial charge in [-0.2, -0.15) is 0 Å². The lowest BCUT2D eigenvalue weighted by Gasteiger charge is -2.20. The van der Waals surface area contributed by atoms with E-state index in [2.05, 4.69) is 4.98 Å². The minimum atomic E-state index is -2.81. The van der Waals surface area contributed by atoms with Crippen LogP contribution in [0.5, 0.6) is 0 Å². The maximum Gasteiger partial charge on any atom is 0.272 e. The number of pyridine rings is 1. The van der Waals surface area contributed by atoms with Gasteiger partial charge in [0, 0.05) is 24.9 Å². The molecule has 0 spiro atoms. The summed E-state index contributed by atoms with van der Waals surface area (Å²) in [6.45, 7) is 6.81. The predicted octanol–water partition coefficient (Wildman–Crippen LogP) is 3.49. The van der Waals surface area contributed by atoms with Crippen LogP contribution in [0.4, 0.5) is 8.78 Å². The molecule has 14 heavy (non-hydrogen) atoms. The zero-order valence-electron chi connectivity index (χ0n) is 8.94. The van der Waals surface area contributed by atoms with Crippen LogP contribution in [0.15, 0.2) is 18.5 Å². The monoisotopic (exact) mass is 199 g/mol. The van der Waals surface area contributed by atoms with Crippen molar-refractivity contribution in [1.82, 2.24) is 4.98 Å². The minimum absolute atomic E-state index is 0.0232. The molecule has 0 aliphatic rings. The van der Waals surface area contributed by atoms with Gasteiger partial charge in [-0.05, 0) is 17.0 Å². The number of alkyl halides is 2. The van der Waals surface area contributed by atoms with Gasteiger partial charge >= 0.3 is 0 Å². The average molecular weight is 199 g/mol. The van der Waals surface area contributed by atoms with Crippen LogP contribution in [0.25, 0.3) is 0 Å². The molecule has 0 radical (unpaired) electrons. The third-order valence-corrected chi connectivity index (χ3v) is 2.11. The van der Waals surface area contributed by atoms with Gasteiger partial charge in [-0.1, -0.05) is 20.8 Å². The summed E-state index contributed by atoms with van der Waals surface area (Å²) >= 11 is 0. The molecule has 0 saturated heterocycles. The second-order valence-electron chi connectivity index (χ2n) is 4.60. The van der Waals surface area contributed by atoms with Gasteiger partial charge < -0.3 is 0 Å². The van der Waals surface area contributed by atoms with Gasteiger partial charge in [0.15, 0.2) is 0 Å². The van der Waals surface area contributed by atoms with Crippen molar-refractivity contribution in [1.29, 1.82) is 0 Å². The molecule has 3 heteroatoms.